The largest absolute Gasteiger partial charge is 0.469 e. The van der Waals surface area contributed by atoms with E-state index in [0.717, 1.165) is 47.9 Å². The second kappa shape index (κ2) is 8.43. The summed E-state index contributed by atoms with van der Waals surface area (Å²) in [5.41, 5.74) is 2.18. The highest BCUT2D eigenvalue weighted by Crippen LogP contribution is 2.25. The van der Waals surface area contributed by atoms with Crippen molar-refractivity contribution in [1.82, 2.24) is 19.2 Å². The van der Waals surface area contributed by atoms with E-state index in [4.69, 9.17) is 26.5 Å². The molecule has 0 atom stereocenters. The summed E-state index contributed by atoms with van der Waals surface area (Å²) < 4.78 is 15.8. The van der Waals surface area contributed by atoms with Crippen LogP contribution in [0.3, 0.4) is 0 Å². The van der Waals surface area contributed by atoms with Gasteiger partial charge in [-0.05, 0) is 43.6 Å². The van der Waals surface area contributed by atoms with Crippen molar-refractivity contribution in [1.29, 1.82) is 0 Å². The van der Waals surface area contributed by atoms with Crippen molar-refractivity contribution in [3.8, 4) is 11.4 Å². The second-order valence-corrected chi connectivity index (χ2v) is 7.63. The summed E-state index contributed by atoms with van der Waals surface area (Å²) in [7, 11) is 1.79. The Labute approximate surface area is 170 Å². The first-order valence-corrected chi connectivity index (χ1v) is 10.1. The minimum Gasteiger partial charge on any atom is -0.469 e. The molecule has 1 aliphatic heterocycles. The molecule has 1 saturated heterocycles. The van der Waals surface area contributed by atoms with Gasteiger partial charge in [-0.3, -0.25) is 9.47 Å². The van der Waals surface area contributed by atoms with Gasteiger partial charge < -0.3 is 9.15 Å². The number of aromatic nitrogens is 3. The third-order valence-corrected chi connectivity index (χ3v) is 5.84. The van der Waals surface area contributed by atoms with Gasteiger partial charge >= 0.3 is 0 Å². The molecule has 2 aromatic heterocycles. The SMILES string of the molecule is COC1CCN(Cn2nc(-c3ccoc3C)n(Cc3ccccc3)c2=S)CC1. The molecule has 0 aliphatic carbocycles. The highest BCUT2D eigenvalue weighted by molar-refractivity contribution is 7.71. The molecule has 0 N–H and O–H groups in total. The summed E-state index contributed by atoms with van der Waals surface area (Å²) in [6.07, 6.45) is 4.16. The highest BCUT2D eigenvalue weighted by Gasteiger charge is 2.21. The van der Waals surface area contributed by atoms with Gasteiger partial charge in [0.05, 0.1) is 31.1 Å². The molecule has 1 fully saturated rings. The maximum atomic E-state index is 5.83. The maximum absolute atomic E-state index is 5.83. The van der Waals surface area contributed by atoms with Crippen LogP contribution in [0.5, 0.6) is 0 Å². The number of likely N-dealkylation sites (tertiary alicyclic amines) is 1. The molecule has 0 saturated carbocycles. The molecule has 3 heterocycles. The molecular weight excluding hydrogens is 372 g/mol. The normalized spacial score (nSPS) is 15.9. The van der Waals surface area contributed by atoms with E-state index in [0.29, 0.717) is 19.3 Å². The molecule has 1 aromatic carbocycles. The highest BCUT2D eigenvalue weighted by atomic mass is 32.1. The second-order valence-electron chi connectivity index (χ2n) is 7.26. The zero-order valence-electron chi connectivity index (χ0n) is 16.4. The number of aryl methyl sites for hydroxylation is 1. The zero-order chi connectivity index (χ0) is 19.5. The Kier molecular flexibility index (Phi) is 5.75. The van der Waals surface area contributed by atoms with Crippen molar-refractivity contribution < 1.29 is 9.15 Å². The summed E-state index contributed by atoms with van der Waals surface area (Å²) in [6.45, 7) is 5.32. The number of nitrogens with zero attached hydrogens (tertiary/aromatic N) is 4. The zero-order valence-corrected chi connectivity index (χ0v) is 17.2. The van der Waals surface area contributed by atoms with Gasteiger partial charge in [-0.1, -0.05) is 30.3 Å². The van der Waals surface area contributed by atoms with Crippen LogP contribution in [-0.4, -0.2) is 45.6 Å². The lowest BCUT2D eigenvalue weighted by atomic mass is 10.1. The van der Waals surface area contributed by atoms with Gasteiger partial charge in [-0.15, -0.1) is 0 Å². The first kappa shape index (κ1) is 19.1. The first-order valence-electron chi connectivity index (χ1n) is 9.67. The molecule has 6 nitrogen and oxygen atoms in total. The molecule has 0 amide bonds. The molecular formula is C21H26N4O2S. The molecule has 148 valence electrons. The first-order chi connectivity index (χ1) is 13.7. The van der Waals surface area contributed by atoms with Gasteiger partial charge in [0.2, 0.25) is 0 Å². The number of benzene rings is 1. The van der Waals surface area contributed by atoms with E-state index in [9.17, 15) is 0 Å². The Bertz CT molecular complexity index is 968. The van der Waals surface area contributed by atoms with Crippen LogP contribution in [0.1, 0.15) is 24.2 Å². The predicted octanol–water partition coefficient (Wildman–Crippen LogP) is 4.10. The van der Waals surface area contributed by atoms with Crippen molar-refractivity contribution in [2.75, 3.05) is 20.2 Å². The smallest absolute Gasteiger partial charge is 0.199 e. The van der Waals surface area contributed by atoms with Crippen LogP contribution in [0.2, 0.25) is 0 Å². The number of methoxy groups -OCH3 is 1. The van der Waals surface area contributed by atoms with Crippen molar-refractivity contribution in [2.45, 2.75) is 39.1 Å². The van der Waals surface area contributed by atoms with E-state index in [1.807, 2.05) is 35.9 Å². The number of ether oxygens (including phenoxy) is 1. The lowest BCUT2D eigenvalue weighted by molar-refractivity contribution is 0.0301. The molecule has 4 rings (SSSR count). The van der Waals surface area contributed by atoms with Crippen molar-refractivity contribution in [3.63, 3.8) is 0 Å². The number of rotatable bonds is 6. The van der Waals surface area contributed by atoms with Gasteiger partial charge in [-0.25, -0.2) is 4.68 Å². The fourth-order valence-corrected chi connectivity index (χ4v) is 3.98. The van der Waals surface area contributed by atoms with E-state index in [-0.39, 0.29) is 0 Å². The molecule has 0 radical (unpaired) electrons. The van der Waals surface area contributed by atoms with Crippen LogP contribution in [0, 0.1) is 11.7 Å². The molecule has 7 heteroatoms. The molecule has 28 heavy (non-hydrogen) atoms. The Hall–Kier alpha value is -2.22. The van der Waals surface area contributed by atoms with Gasteiger partial charge in [0.1, 0.15) is 5.76 Å². The molecule has 0 bridgehead atoms. The molecule has 0 spiro atoms. The predicted molar refractivity (Wildman–Crippen MR) is 111 cm³/mol. The quantitative estimate of drug-likeness (QED) is 0.585. The van der Waals surface area contributed by atoms with E-state index >= 15 is 0 Å². The van der Waals surface area contributed by atoms with Crippen LogP contribution in [0.15, 0.2) is 47.1 Å². The fraction of sp³-hybridized carbons (Fsp3) is 0.429. The van der Waals surface area contributed by atoms with Crippen LogP contribution < -0.4 is 0 Å². The van der Waals surface area contributed by atoms with Crippen LogP contribution in [-0.2, 0) is 18.0 Å². The van der Waals surface area contributed by atoms with Gasteiger partial charge in [0.15, 0.2) is 10.6 Å². The summed E-state index contributed by atoms with van der Waals surface area (Å²) in [6, 6.07) is 12.3. The van der Waals surface area contributed by atoms with Gasteiger partial charge in [0.25, 0.3) is 0 Å². The van der Waals surface area contributed by atoms with Crippen molar-refractivity contribution in [3.05, 3.63) is 58.8 Å². The Morgan fingerprint density at radius 1 is 1.18 bits per heavy atom. The number of piperidine rings is 1. The minimum atomic E-state index is 0.365. The Morgan fingerprint density at radius 2 is 1.93 bits per heavy atom. The average molecular weight is 399 g/mol. The number of hydrogen-bond acceptors (Lipinski definition) is 5. The van der Waals surface area contributed by atoms with E-state index < -0.39 is 0 Å². The van der Waals surface area contributed by atoms with Crippen molar-refractivity contribution >= 4 is 12.2 Å². The number of hydrogen-bond donors (Lipinski definition) is 0. The van der Waals surface area contributed by atoms with E-state index in [2.05, 4.69) is 21.6 Å². The Balaban J connectivity index is 1.64. The monoisotopic (exact) mass is 398 g/mol. The lowest BCUT2D eigenvalue weighted by Gasteiger charge is -2.30. The van der Waals surface area contributed by atoms with Crippen LogP contribution in [0.4, 0.5) is 0 Å². The topological polar surface area (TPSA) is 48.4 Å². The maximum Gasteiger partial charge on any atom is 0.199 e. The van der Waals surface area contributed by atoms with Gasteiger partial charge in [0, 0.05) is 20.2 Å². The summed E-state index contributed by atoms with van der Waals surface area (Å²) in [4.78, 5) is 2.39. The average Bonchev–Trinajstić information content (AvgIpc) is 3.27. The van der Waals surface area contributed by atoms with Gasteiger partial charge in [-0.2, -0.15) is 5.10 Å². The van der Waals surface area contributed by atoms with Crippen molar-refractivity contribution in [2.24, 2.45) is 0 Å². The van der Waals surface area contributed by atoms with E-state index in [1.54, 1.807) is 13.4 Å². The minimum absolute atomic E-state index is 0.365. The molecule has 0 unspecified atom stereocenters. The standard InChI is InChI=1S/C21H26N4O2S/c1-16-19(10-13-27-16)20-22-25(15-23-11-8-18(26-2)9-12-23)21(28)24(20)14-17-6-4-3-5-7-17/h3-7,10,13,18H,8-9,11-12,14-15H2,1-2H3. The third-order valence-electron chi connectivity index (χ3n) is 5.41. The number of furan rings is 1. The summed E-state index contributed by atoms with van der Waals surface area (Å²) in [5, 5.41) is 4.89. The Morgan fingerprint density at radius 3 is 2.57 bits per heavy atom. The van der Waals surface area contributed by atoms with Crippen LogP contribution in [0.25, 0.3) is 11.4 Å². The summed E-state index contributed by atoms with van der Waals surface area (Å²) in [5.74, 6) is 1.70. The lowest BCUT2D eigenvalue weighted by Crippen LogP contribution is -2.38. The van der Waals surface area contributed by atoms with Crippen LogP contribution >= 0.6 is 12.2 Å². The molecule has 1 aliphatic rings. The fourth-order valence-electron chi connectivity index (χ4n) is 3.73. The molecule has 3 aromatic rings. The third kappa shape index (κ3) is 3.97. The van der Waals surface area contributed by atoms with E-state index in [1.165, 1.54) is 5.56 Å². The summed E-state index contributed by atoms with van der Waals surface area (Å²) >= 11 is 5.83.